The van der Waals surface area contributed by atoms with Crippen molar-refractivity contribution in [2.45, 2.75) is 37.8 Å². The number of nitrogens with one attached hydrogen (secondary N) is 1. The maximum Gasteiger partial charge on any atom is 0.261 e. The van der Waals surface area contributed by atoms with Crippen molar-refractivity contribution >= 4 is 15.9 Å². The van der Waals surface area contributed by atoms with Crippen molar-refractivity contribution in [1.29, 1.82) is 0 Å². The van der Waals surface area contributed by atoms with Gasteiger partial charge in [0, 0.05) is 25.7 Å². The molecule has 1 amide bonds. The average molecular weight is 300 g/mol. The summed E-state index contributed by atoms with van der Waals surface area (Å²) < 4.78 is 28.3. The van der Waals surface area contributed by atoms with E-state index >= 15 is 0 Å². The Morgan fingerprint density at radius 3 is 2.75 bits per heavy atom. The van der Waals surface area contributed by atoms with Crippen LogP contribution in [0.25, 0.3) is 0 Å². The van der Waals surface area contributed by atoms with Crippen molar-refractivity contribution in [3.05, 3.63) is 11.8 Å². The molecule has 112 valence electrons. The van der Waals surface area contributed by atoms with Gasteiger partial charge in [0.1, 0.15) is 6.04 Å². The third kappa shape index (κ3) is 2.45. The Kier molecular flexibility index (Phi) is 4.14. The molecule has 7 nitrogen and oxygen atoms in total. The molecule has 1 atom stereocenters. The first-order valence-corrected chi connectivity index (χ1v) is 8.11. The highest BCUT2D eigenvalue weighted by Gasteiger charge is 2.38. The van der Waals surface area contributed by atoms with Crippen molar-refractivity contribution in [3.8, 4) is 0 Å². The summed E-state index contributed by atoms with van der Waals surface area (Å²) in [6, 6.07) is -0.656. The van der Waals surface area contributed by atoms with Crippen molar-refractivity contribution < 1.29 is 13.2 Å². The molecular weight excluding hydrogens is 280 g/mol. The number of hydrogen-bond acceptors (Lipinski definition) is 4. The summed E-state index contributed by atoms with van der Waals surface area (Å²) >= 11 is 0. The summed E-state index contributed by atoms with van der Waals surface area (Å²) in [5.41, 5.74) is 0.590. The van der Waals surface area contributed by atoms with Crippen LogP contribution in [0, 0.1) is 6.92 Å². The summed E-state index contributed by atoms with van der Waals surface area (Å²) in [6.07, 6.45) is 2.58. The van der Waals surface area contributed by atoms with Gasteiger partial charge in [-0.15, -0.1) is 0 Å². The number of amides is 1. The van der Waals surface area contributed by atoms with Crippen LogP contribution in [-0.4, -0.2) is 47.5 Å². The van der Waals surface area contributed by atoms with E-state index in [1.165, 1.54) is 15.2 Å². The second kappa shape index (κ2) is 5.53. The van der Waals surface area contributed by atoms with E-state index in [2.05, 4.69) is 10.4 Å². The van der Waals surface area contributed by atoms with Crippen LogP contribution in [0.5, 0.6) is 0 Å². The topological polar surface area (TPSA) is 84.3 Å². The molecular formula is C12H20N4O3S. The summed E-state index contributed by atoms with van der Waals surface area (Å²) in [6.45, 7) is 4.36. The minimum Gasteiger partial charge on any atom is -0.355 e. The fraction of sp³-hybridized carbons (Fsp3) is 0.667. The molecule has 0 aliphatic carbocycles. The fourth-order valence-electron chi connectivity index (χ4n) is 2.55. The summed E-state index contributed by atoms with van der Waals surface area (Å²) in [4.78, 5) is 12.0. The van der Waals surface area contributed by atoms with E-state index in [-0.39, 0.29) is 10.9 Å². The molecule has 0 radical (unpaired) electrons. The molecule has 1 N–H and O–H groups in total. The standard InChI is InChI=1S/C12H20N4O3S/c1-4-10-11(17)13-6-5-7-16(10)20(18,19)12-9(2)8-14-15(12)3/h8,10H,4-7H2,1-3H3,(H,13,17)/t10-/m0/s1. The molecule has 1 aromatic rings. The lowest BCUT2D eigenvalue weighted by molar-refractivity contribution is -0.124. The lowest BCUT2D eigenvalue weighted by Crippen LogP contribution is -2.47. The first kappa shape index (κ1) is 15.0. The largest absolute Gasteiger partial charge is 0.355 e. The van der Waals surface area contributed by atoms with Crippen LogP contribution in [0.3, 0.4) is 0 Å². The molecule has 0 unspecified atom stereocenters. The normalized spacial score (nSPS) is 21.6. The molecule has 0 saturated carbocycles. The molecule has 8 heteroatoms. The van der Waals surface area contributed by atoms with Gasteiger partial charge in [0.05, 0.1) is 6.20 Å². The van der Waals surface area contributed by atoms with Crippen LogP contribution in [0.15, 0.2) is 11.2 Å². The molecule has 1 saturated heterocycles. The molecule has 0 aromatic carbocycles. The number of sulfonamides is 1. The zero-order valence-corrected chi connectivity index (χ0v) is 12.8. The van der Waals surface area contributed by atoms with Gasteiger partial charge in [-0.2, -0.15) is 9.40 Å². The predicted molar refractivity (Wildman–Crippen MR) is 73.5 cm³/mol. The predicted octanol–water partition coefficient (Wildman–Crippen LogP) is 0.0177. The Hall–Kier alpha value is -1.41. The van der Waals surface area contributed by atoms with Crippen molar-refractivity contribution in [3.63, 3.8) is 0 Å². The Balaban J connectivity index is 2.48. The third-order valence-corrected chi connectivity index (χ3v) is 5.63. The van der Waals surface area contributed by atoms with Crippen LogP contribution in [0.1, 0.15) is 25.3 Å². The number of rotatable bonds is 3. The molecule has 20 heavy (non-hydrogen) atoms. The number of carbonyl (C=O) groups is 1. The van der Waals surface area contributed by atoms with E-state index in [9.17, 15) is 13.2 Å². The van der Waals surface area contributed by atoms with E-state index in [1.807, 2.05) is 6.92 Å². The van der Waals surface area contributed by atoms with Crippen LogP contribution >= 0.6 is 0 Å². The fourth-order valence-corrected chi connectivity index (χ4v) is 4.56. The maximum absolute atomic E-state index is 12.8. The second-order valence-corrected chi connectivity index (χ2v) is 6.75. The Morgan fingerprint density at radius 2 is 2.20 bits per heavy atom. The lowest BCUT2D eigenvalue weighted by atomic mass is 10.2. The smallest absolute Gasteiger partial charge is 0.261 e. The minimum atomic E-state index is -3.72. The molecule has 1 aliphatic rings. The summed E-state index contributed by atoms with van der Waals surface area (Å²) in [5, 5.41) is 6.89. The second-order valence-electron chi connectivity index (χ2n) is 4.94. The number of nitrogens with zero attached hydrogens (tertiary/aromatic N) is 3. The van der Waals surface area contributed by atoms with Gasteiger partial charge in [0.25, 0.3) is 10.0 Å². The Morgan fingerprint density at radius 1 is 1.50 bits per heavy atom. The summed E-state index contributed by atoms with van der Waals surface area (Å²) in [5.74, 6) is -0.228. The molecule has 1 aliphatic heterocycles. The minimum absolute atomic E-state index is 0.158. The molecule has 2 rings (SSSR count). The van der Waals surface area contributed by atoms with Gasteiger partial charge in [-0.3, -0.25) is 9.48 Å². The average Bonchev–Trinajstić information content (AvgIpc) is 2.60. The molecule has 2 heterocycles. The molecule has 1 aromatic heterocycles. The van der Waals surface area contributed by atoms with E-state index in [1.54, 1.807) is 14.0 Å². The molecule has 1 fully saturated rings. The van der Waals surface area contributed by atoms with E-state index in [0.29, 0.717) is 31.5 Å². The lowest BCUT2D eigenvalue weighted by Gasteiger charge is -2.26. The quantitative estimate of drug-likeness (QED) is 0.853. The van der Waals surface area contributed by atoms with E-state index in [0.717, 1.165) is 0 Å². The van der Waals surface area contributed by atoms with Crippen LogP contribution < -0.4 is 5.32 Å². The molecule has 0 bridgehead atoms. The van der Waals surface area contributed by atoms with Gasteiger partial charge in [0.2, 0.25) is 5.91 Å². The van der Waals surface area contributed by atoms with E-state index < -0.39 is 16.1 Å². The zero-order valence-electron chi connectivity index (χ0n) is 12.0. The molecule has 0 spiro atoms. The van der Waals surface area contributed by atoms with Gasteiger partial charge in [-0.05, 0) is 19.8 Å². The van der Waals surface area contributed by atoms with Crippen molar-refractivity contribution in [2.24, 2.45) is 7.05 Å². The van der Waals surface area contributed by atoms with Gasteiger partial charge in [-0.25, -0.2) is 8.42 Å². The van der Waals surface area contributed by atoms with Crippen LogP contribution in [-0.2, 0) is 21.9 Å². The first-order valence-electron chi connectivity index (χ1n) is 6.67. The Bertz CT molecular complexity index is 589. The third-order valence-electron chi connectivity index (χ3n) is 3.50. The highest BCUT2D eigenvalue weighted by atomic mass is 32.2. The Labute approximate surface area is 119 Å². The number of carbonyl (C=O) groups excluding carboxylic acids is 1. The van der Waals surface area contributed by atoms with Gasteiger partial charge in [-0.1, -0.05) is 6.92 Å². The highest BCUT2D eigenvalue weighted by molar-refractivity contribution is 7.89. The first-order chi connectivity index (χ1) is 9.39. The maximum atomic E-state index is 12.8. The monoisotopic (exact) mass is 300 g/mol. The zero-order chi connectivity index (χ0) is 14.9. The number of hydrogen-bond donors (Lipinski definition) is 1. The van der Waals surface area contributed by atoms with Crippen LogP contribution in [0.2, 0.25) is 0 Å². The SMILES string of the molecule is CC[C@H]1C(=O)NCCCN1S(=O)(=O)c1c(C)cnn1C. The number of aromatic nitrogens is 2. The highest BCUT2D eigenvalue weighted by Crippen LogP contribution is 2.23. The van der Waals surface area contributed by atoms with Crippen molar-refractivity contribution in [1.82, 2.24) is 19.4 Å². The van der Waals surface area contributed by atoms with E-state index in [4.69, 9.17) is 0 Å². The van der Waals surface area contributed by atoms with Gasteiger partial charge in [0.15, 0.2) is 5.03 Å². The van der Waals surface area contributed by atoms with Crippen molar-refractivity contribution in [2.75, 3.05) is 13.1 Å². The summed E-state index contributed by atoms with van der Waals surface area (Å²) in [7, 11) is -2.13. The van der Waals surface area contributed by atoms with Gasteiger partial charge < -0.3 is 5.32 Å². The van der Waals surface area contributed by atoms with Gasteiger partial charge >= 0.3 is 0 Å². The number of aryl methyl sites for hydroxylation is 2. The van der Waals surface area contributed by atoms with Crippen LogP contribution in [0.4, 0.5) is 0 Å².